The molecule has 0 radical (unpaired) electrons. The van der Waals surface area contributed by atoms with Crippen LogP contribution in [-0.2, 0) is 22.8 Å². The van der Waals surface area contributed by atoms with Gasteiger partial charge in [0.05, 0.1) is 19.1 Å². The van der Waals surface area contributed by atoms with E-state index in [2.05, 4.69) is 10.3 Å². The van der Waals surface area contributed by atoms with Crippen LogP contribution in [0.15, 0.2) is 87.1 Å². The summed E-state index contributed by atoms with van der Waals surface area (Å²) in [7, 11) is -0.841. The molecule has 0 aliphatic carbocycles. The summed E-state index contributed by atoms with van der Waals surface area (Å²) in [5.74, 6) is 1.52. The number of anilines is 1. The van der Waals surface area contributed by atoms with Crippen molar-refractivity contribution in [2.45, 2.75) is 22.9 Å². The predicted molar refractivity (Wildman–Crippen MR) is 130 cm³/mol. The Bertz CT molecular complexity index is 1370. The van der Waals surface area contributed by atoms with E-state index in [0.29, 0.717) is 22.9 Å². The summed E-state index contributed by atoms with van der Waals surface area (Å²) in [6.07, 6.45) is 0.349. The first-order chi connectivity index (χ1) is 16.4. The summed E-state index contributed by atoms with van der Waals surface area (Å²) in [6, 6.07) is 20.9. The molecule has 0 spiro atoms. The molecular formula is C25H23ClN2O5S. The van der Waals surface area contributed by atoms with Crippen LogP contribution in [0.1, 0.15) is 17.0 Å². The van der Waals surface area contributed by atoms with E-state index < -0.39 is 9.84 Å². The van der Waals surface area contributed by atoms with Crippen LogP contribution in [0.25, 0.3) is 0 Å². The minimum absolute atomic E-state index is 0.0654. The maximum Gasteiger partial charge on any atom is 0.233 e. The molecule has 1 heterocycles. The van der Waals surface area contributed by atoms with Crippen molar-refractivity contribution in [2.24, 2.45) is 0 Å². The minimum atomic E-state index is -3.96. The summed E-state index contributed by atoms with van der Waals surface area (Å²) in [4.78, 5) is 4.43. The fraction of sp³-hybridized carbons (Fsp3) is 0.160. The maximum atomic E-state index is 13.4. The number of halogens is 1. The second-order valence-electron chi connectivity index (χ2n) is 7.40. The Labute approximate surface area is 203 Å². The quantitative estimate of drug-likeness (QED) is 0.331. The standard InChI is InChI=1S/C25H23ClN2O5S/c1-31-21-13-8-18(14-22(21)32-2)16-27-24-25(34(29,30)20-11-9-19(26)10-12-20)28-23(33-24)15-17-6-4-3-5-7-17/h3-14,27H,15-16H2,1-2H3. The van der Waals surface area contributed by atoms with Crippen LogP contribution in [0.4, 0.5) is 5.88 Å². The van der Waals surface area contributed by atoms with Crippen LogP contribution in [0.5, 0.6) is 11.5 Å². The topological polar surface area (TPSA) is 90.7 Å². The highest BCUT2D eigenvalue weighted by molar-refractivity contribution is 7.91. The molecule has 0 fully saturated rings. The molecule has 0 atom stereocenters. The van der Waals surface area contributed by atoms with Crippen molar-refractivity contribution in [3.8, 4) is 11.5 Å². The first-order valence-corrected chi connectivity index (χ1v) is 12.3. The van der Waals surface area contributed by atoms with Gasteiger partial charge in [-0.25, -0.2) is 8.42 Å². The maximum absolute atomic E-state index is 13.4. The molecule has 0 bridgehead atoms. The lowest BCUT2D eigenvalue weighted by molar-refractivity contribution is 0.354. The van der Waals surface area contributed by atoms with Crippen LogP contribution >= 0.6 is 11.6 Å². The van der Waals surface area contributed by atoms with Crippen LogP contribution in [-0.4, -0.2) is 27.6 Å². The Balaban J connectivity index is 1.67. The summed E-state index contributed by atoms with van der Waals surface area (Å²) in [5, 5.41) is 3.34. The number of methoxy groups -OCH3 is 2. The Hall–Kier alpha value is -3.49. The first-order valence-electron chi connectivity index (χ1n) is 10.4. The molecule has 7 nitrogen and oxygen atoms in total. The van der Waals surface area contributed by atoms with E-state index in [4.69, 9.17) is 25.5 Å². The molecule has 3 aromatic carbocycles. The molecular weight excluding hydrogens is 476 g/mol. The molecule has 0 amide bonds. The Morgan fingerprint density at radius 2 is 1.62 bits per heavy atom. The predicted octanol–water partition coefficient (Wildman–Crippen LogP) is 5.38. The Morgan fingerprint density at radius 3 is 2.29 bits per heavy atom. The van der Waals surface area contributed by atoms with Gasteiger partial charge in [0, 0.05) is 18.0 Å². The van der Waals surface area contributed by atoms with E-state index in [1.165, 1.54) is 24.3 Å². The molecule has 4 aromatic rings. The zero-order valence-electron chi connectivity index (χ0n) is 18.6. The van der Waals surface area contributed by atoms with Crippen LogP contribution in [0.3, 0.4) is 0 Å². The molecule has 34 heavy (non-hydrogen) atoms. The molecule has 9 heteroatoms. The molecule has 0 unspecified atom stereocenters. The van der Waals surface area contributed by atoms with E-state index in [1.54, 1.807) is 26.4 Å². The van der Waals surface area contributed by atoms with Gasteiger partial charge in [0.25, 0.3) is 0 Å². The normalized spacial score (nSPS) is 11.3. The van der Waals surface area contributed by atoms with E-state index in [9.17, 15) is 8.42 Å². The van der Waals surface area contributed by atoms with E-state index in [1.807, 2.05) is 36.4 Å². The molecule has 1 aromatic heterocycles. The number of ether oxygens (including phenoxy) is 2. The van der Waals surface area contributed by atoms with Crippen molar-refractivity contribution in [3.05, 3.63) is 94.8 Å². The number of nitrogens with zero attached hydrogens (tertiary/aromatic N) is 1. The monoisotopic (exact) mass is 498 g/mol. The first kappa shape index (κ1) is 23.7. The van der Waals surface area contributed by atoms with Gasteiger partial charge in [0.2, 0.25) is 26.6 Å². The molecule has 0 aliphatic heterocycles. The second kappa shape index (κ2) is 10.2. The molecule has 4 rings (SSSR count). The highest BCUT2D eigenvalue weighted by atomic mass is 35.5. The largest absolute Gasteiger partial charge is 0.493 e. The van der Waals surface area contributed by atoms with Crippen LogP contribution in [0, 0.1) is 0 Å². The van der Waals surface area contributed by atoms with Gasteiger partial charge < -0.3 is 19.2 Å². The van der Waals surface area contributed by atoms with Gasteiger partial charge in [-0.2, -0.15) is 4.98 Å². The van der Waals surface area contributed by atoms with Crippen molar-refractivity contribution in [1.29, 1.82) is 0 Å². The lowest BCUT2D eigenvalue weighted by atomic mass is 10.2. The SMILES string of the molecule is COc1ccc(CNc2oc(Cc3ccccc3)nc2S(=O)(=O)c2ccc(Cl)cc2)cc1OC. The molecule has 0 aliphatic rings. The van der Waals surface area contributed by atoms with Crippen molar-refractivity contribution in [3.63, 3.8) is 0 Å². The highest BCUT2D eigenvalue weighted by Crippen LogP contribution is 2.31. The van der Waals surface area contributed by atoms with E-state index in [-0.39, 0.29) is 28.2 Å². The summed E-state index contributed by atoms with van der Waals surface area (Å²) < 4.78 is 43.3. The van der Waals surface area contributed by atoms with Gasteiger partial charge in [0.15, 0.2) is 11.5 Å². The average Bonchev–Trinajstić information content (AvgIpc) is 3.26. The van der Waals surface area contributed by atoms with Crippen molar-refractivity contribution in [1.82, 2.24) is 4.98 Å². The fourth-order valence-corrected chi connectivity index (χ4v) is 4.81. The van der Waals surface area contributed by atoms with Crippen molar-refractivity contribution < 1.29 is 22.3 Å². The number of nitrogens with one attached hydrogen (secondary N) is 1. The van der Waals surface area contributed by atoms with Crippen LogP contribution < -0.4 is 14.8 Å². The number of oxazole rings is 1. The number of sulfone groups is 1. The van der Waals surface area contributed by atoms with Crippen LogP contribution in [0.2, 0.25) is 5.02 Å². The third-order valence-corrected chi connectivity index (χ3v) is 7.05. The number of rotatable bonds is 9. The van der Waals surface area contributed by atoms with Crippen molar-refractivity contribution >= 4 is 27.3 Å². The summed E-state index contributed by atoms with van der Waals surface area (Å²) >= 11 is 5.94. The van der Waals surface area contributed by atoms with Gasteiger partial charge in [-0.1, -0.05) is 48.0 Å². The third kappa shape index (κ3) is 5.18. The molecule has 1 N–H and O–H groups in total. The van der Waals surface area contributed by atoms with Gasteiger partial charge >= 0.3 is 0 Å². The second-order valence-corrected chi connectivity index (χ2v) is 9.71. The number of hydrogen-bond donors (Lipinski definition) is 1. The van der Waals surface area contributed by atoms with Gasteiger partial charge in [-0.05, 0) is 47.5 Å². The fourth-order valence-electron chi connectivity index (χ4n) is 3.39. The minimum Gasteiger partial charge on any atom is -0.493 e. The zero-order valence-corrected chi connectivity index (χ0v) is 20.2. The van der Waals surface area contributed by atoms with Crippen molar-refractivity contribution in [2.75, 3.05) is 19.5 Å². The number of aromatic nitrogens is 1. The Morgan fingerprint density at radius 1 is 0.912 bits per heavy atom. The number of benzene rings is 3. The Kier molecular flexibility index (Phi) is 7.09. The highest BCUT2D eigenvalue weighted by Gasteiger charge is 2.28. The van der Waals surface area contributed by atoms with Gasteiger partial charge in [0.1, 0.15) is 0 Å². The lowest BCUT2D eigenvalue weighted by Gasteiger charge is -2.10. The van der Waals surface area contributed by atoms with E-state index >= 15 is 0 Å². The zero-order chi connectivity index (χ0) is 24.1. The third-order valence-electron chi connectivity index (χ3n) is 5.12. The van der Waals surface area contributed by atoms with Gasteiger partial charge in [-0.3, -0.25) is 0 Å². The van der Waals surface area contributed by atoms with E-state index in [0.717, 1.165) is 11.1 Å². The molecule has 176 valence electrons. The summed E-state index contributed by atoms with van der Waals surface area (Å²) in [5.41, 5.74) is 1.79. The summed E-state index contributed by atoms with van der Waals surface area (Å²) in [6.45, 7) is 0.281. The smallest absolute Gasteiger partial charge is 0.233 e. The number of hydrogen-bond acceptors (Lipinski definition) is 7. The molecule has 0 saturated heterocycles. The van der Waals surface area contributed by atoms with Gasteiger partial charge in [-0.15, -0.1) is 0 Å². The average molecular weight is 499 g/mol. The lowest BCUT2D eigenvalue weighted by Crippen LogP contribution is -2.07. The molecule has 0 saturated carbocycles.